The lowest BCUT2D eigenvalue weighted by molar-refractivity contribution is -0.126. The van der Waals surface area contributed by atoms with Crippen LogP contribution in [0.25, 0.3) is 10.8 Å². The minimum Gasteiger partial charge on any atom is -0.346 e. The predicted molar refractivity (Wildman–Crippen MR) is 105 cm³/mol. The summed E-state index contributed by atoms with van der Waals surface area (Å²) in [6, 6.07) is 19.6. The molecule has 27 heavy (non-hydrogen) atoms. The number of ketones is 1. The van der Waals surface area contributed by atoms with Gasteiger partial charge in [0.15, 0.2) is 5.78 Å². The molecule has 3 nitrogen and oxygen atoms in total. The first-order valence-electron chi connectivity index (χ1n) is 9.04. The monoisotopic (exact) mass is 363 g/mol. The van der Waals surface area contributed by atoms with E-state index in [-0.39, 0.29) is 17.5 Å². The Bertz CT molecular complexity index is 945. The van der Waals surface area contributed by atoms with Crippen LogP contribution in [0.1, 0.15) is 24.5 Å². The van der Waals surface area contributed by atoms with Gasteiger partial charge in [-0.3, -0.25) is 9.59 Å². The highest BCUT2D eigenvalue weighted by Gasteiger charge is 2.20. The maximum atomic E-state index is 13.1. The lowest BCUT2D eigenvalue weighted by atomic mass is 9.95. The van der Waals surface area contributed by atoms with Gasteiger partial charge in [-0.15, -0.1) is 0 Å². The van der Waals surface area contributed by atoms with Gasteiger partial charge in [0.2, 0.25) is 5.91 Å². The Hall–Kier alpha value is -3.01. The van der Waals surface area contributed by atoms with Crippen molar-refractivity contribution in [2.75, 3.05) is 0 Å². The number of halogens is 1. The summed E-state index contributed by atoms with van der Waals surface area (Å²) in [4.78, 5) is 24.3. The van der Waals surface area contributed by atoms with Gasteiger partial charge in [0.25, 0.3) is 0 Å². The summed E-state index contributed by atoms with van der Waals surface area (Å²) in [5, 5.41) is 5.02. The Morgan fingerprint density at radius 1 is 0.963 bits per heavy atom. The molecule has 0 aliphatic heterocycles. The summed E-state index contributed by atoms with van der Waals surface area (Å²) in [6.07, 6.45) is 1.30. The topological polar surface area (TPSA) is 46.2 Å². The summed E-state index contributed by atoms with van der Waals surface area (Å²) in [5.41, 5.74) is 1.93. The molecule has 3 aromatic rings. The molecule has 138 valence electrons. The summed E-state index contributed by atoms with van der Waals surface area (Å²) >= 11 is 0. The van der Waals surface area contributed by atoms with Crippen molar-refractivity contribution in [3.05, 3.63) is 83.7 Å². The molecule has 1 N–H and O–H groups in total. The SMILES string of the molecule is CC(=O)N[C@@H](Cc1ccc(F)cc1)C(=O)CCc1cccc2ccccc12. The van der Waals surface area contributed by atoms with E-state index in [2.05, 4.69) is 23.5 Å². The third-order valence-corrected chi connectivity index (χ3v) is 4.64. The summed E-state index contributed by atoms with van der Waals surface area (Å²) in [6.45, 7) is 1.40. The molecule has 0 unspecified atom stereocenters. The van der Waals surface area contributed by atoms with Crippen LogP contribution in [-0.4, -0.2) is 17.7 Å². The molecule has 0 radical (unpaired) electrons. The second-order valence-electron chi connectivity index (χ2n) is 6.69. The molecule has 0 aliphatic carbocycles. The number of nitrogens with one attached hydrogen (secondary N) is 1. The van der Waals surface area contributed by atoms with Crippen molar-refractivity contribution in [3.8, 4) is 0 Å². The number of aryl methyl sites for hydroxylation is 1. The van der Waals surface area contributed by atoms with Gasteiger partial charge in [0.05, 0.1) is 6.04 Å². The molecule has 3 aromatic carbocycles. The zero-order valence-corrected chi connectivity index (χ0v) is 15.2. The highest BCUT2D eigenvalue weighted by atomic mass is 19.1. The minimum absolute atomic E-state index is 0.0255. The predicted octanol–water partition coefficient (Wildman–Crippen LogP) is 4.23. The smallest absolute Gasteiger partial charge is 0.217 e. The second kappa shape index (κ2) is 8.58. The van der Waals surface area contributed by atoms with E-state index < -0.39 is 6.04 Å². The zero-order chi connectivity index (χ0) is 19.2. The average molecular weight is 363 g/mol. The van der Waals surface area contributed by atoms with Crippen LogP contribution in [0.3, 0.4) is 0 Å². The quantitative estimate of drug-likeness (QED) is 0.683. The molecule has 1 amide bonds. The van der Waals surface area contributed by atoms with Crippen LogP contribution >= 0.6 is 0 Å². The van der Waals surface area contributed by atoms with E-state index in [1.165, 1.54) is 19.1 Å². The van der Waals surface area contributed by atoms with Crippen LogP contribution in [0, 0.1) is 5.82 Å². The molecular weight excluding hydrogens is 341 g/mol. The Morgan fingerprint density at radius 3 is 2.41 bits per heavy atom. The molecular formula is C23H22FNO2. The Balaban J connectivity index is 1.71. The molecule has 3 rings (SSSR count). The maximum Gasteiger partial charge on any atom is 0.217 e. The number of hydrogen-bond donors (Lipinski definition) is 1. The summed E-state index contributed by atoms with van der Waals surface area (Å²) in [5.74, 6) is -0.597. The van der Waals surface area contributed by atoms with E-state index in [0.717, 1.165) is 21.9 Å². The lowest BCUT2D eigenvalue weighted by Crippen LogP contribution is -2.41. The Morgan fingerprint density at radius 2 is 1.67 bits per heavy atom. The number of carbonyl (C=O) groups excluding carboxylic acids is 2. The van der Waals surface area contributed by atoms with Crippen molar-refractivity contribution < 1.29 is 14.0 Å². The van der Waals surface area contributed by atoms with Gasteiger partial charge in [-0.05, 0) is 46.9 Å². The molecule has 0 spiro atoms. The van der Waals surface area contributed by atoms with Gasteiger partial charge in [0, 0.05) is 13.3 Å². The number of benzene rings is 3. The highest BCUT2D eigenvalue weighted by Crippen LogP contribution is 2.20. The van der Waals surface area contributed by atoms with Gasteiger partial charge in [-0.25, -0.2) is 4.39 Å². The third-order valence-electron chi connectivity index (χ3n) is 4.64. The molecule has 0 saturated heterocycles. The van der Waals surface area contributed by atoms with Gasteiger partial charge < -0.3 is 5.32 Å². The van der Waals surface area contributed by atoms with Crippen LogP contribution in [-0.2, 0) is 22.4 Å². The van der Waals surface area contributed by atoms with Crippen molar-refractivity contribution in [1.82, 2.24) is 5.32 Å². The van der Waals surface area contributed by atoms with E-state index in [1.54, 1.807) is 12.1 Å². The largest absolute Gasteiger partial charge is 0.346 e. The molecule has 4 heteroatoms. The fourth-order valence-electron chi connectivity index (χ4n) is 3.29. The fraction of sp³-hybridized carbons (Fsp3) is 0.217. The highest BCUT2D eigenvalue weighted by molar-refractivity contribution is 5.90. The molecule has 0 heterocycles. The first kappa shape index (κ1) is 18.8. The normalized spacial score (nSPS) is 11.9. The number of carbonyl (C=O) groups is 2. The van der Waals surface area contributed by atoms with Crippen molar-refractivity contribution in [2.24, 2.45) is 0 Å². The van der Waals surface area contributed by atoms with Gasteiger partial charge in [-0.1, -0.05) is 54.6 Å². The Kier molecular flexibility index (Phi) is 5.97. The third kappa shape index (κ3) is 5.00. The van der Waals surface area contributed by atoms with E-state index in [0.29, 0.717) is 19.3 Å². The van der Waals surface area contributed by atoms with E-state index in [9.17, 15) is 14.0 Å². The van der Waals surface area contributed by atoms with Gasteiger partial charge in [-0.2, -0.15) is 0 Å². The molecule has 1 atom stereocenters. The zero-order valence-electron chi connectivity index (χ0n) is 15.2. The average Bonchev–Trinajstić information content (AvgIpc) is 2.67. The molecule has 0 aliphatic rings. The number of fused-ring (bicyclic) bond motifs is 1. The van der Waals surface area contributed by atoms with Gasteiger partial charge in [0.1, 0.15) is 5.82 Å². The standard InChI is InChI=1S/C23H22FNO2/c1-16(26)25-22(15-17-9-12-20(24)13-10-17)23(27)14-11-19-7-4-6-18-5-2-3-8-21(18)19/h2-10,12-13,22H,11,14-15H2,1H3,(H,25,26)/t22-/m0/s1. The molecule has 0 aromatic heterocycles. The van der Waals surface area contributed by atoms with Crippen molar-refractivity contribution >= 4 is 22.5 Å². The number of hydrogen-bond acceptors (Lipinski definition) is 2. The molecule has 0 bridgehead atoms. The van der Waals surface area contributed by atoms with Crippen LogP contribution in [0.15, 0.2) is 66.7 Å². The first-order valence-corrected chi connectivity index (χ1v) is 9.04. The summed E-state index contributed by atoms with van der Waals surface area (Å²) in [7, 11) is 0. The molecule has 0 saturated carbocycles. The van der Waals surface area contributed by atoms with E-state index in [1.807, 2.05) is 24.3 Å². The van der Waals surface area contributed by atoms with Crippen LogP contribution in [0.4, 0.5) is 4.39 Å². The lowest BCUT2D eigenvalue weighted by Gasteiger charge is -2.17. The fourth-order valence-corrected chi connectivity index (χ4v) is 3.29. The minimum atomic E-state index is -0.608. The first-order chi connectivity index (χ1) is 13.0. The van der Waals surface area contributed by atoms with Crippen molar-refractivity contribution in [2.45, 2.75) is 32.2 Å². The van der Waals surface area contributed by atoms with Crippen molar-refractivity contribution in [3.63, 3.8) is 0 Å². The maximum absolute atomic E-state index is 13.1. The van der Waals surface area contributed by atoms with Gasteiger partial charge >= 0.3 is 0 Å². The number of rotatable bonds is 7. The second-order valence-corrected chi connectivity index (χ2v) is 6.69. The van der Waals surface area contributed by atoms with Crippen LogP contribution < -0.4 is 5.32 Å². The van der Waals surface area contributed by atoms with Crippen molar-refractivity contribution in [1.29, 1.82) is 0 Å². The van der Waals surface area contributed by atoms with E-state index >= 15 is 0 Å². The number of Topliss-reactive ketones (excluding diaryl/α,β-unsaturated/α-hetero) is 1. The van der Waals surface area contributed by atoms with E-state index in [4.69, 9.17) is 0 Å². The Labute approximate surface area is 158 Å². The van der Waals surface area contributed by atoms with Crippen LogP contribution in [0.2, 0.25) is 0 Å². The van der Waals surface area contributed by atoms with Crippen LogP contribution in [0.5, 0.6) is 0 Å². The number of amides is 1. The summed E-state index contributed by atoms with van der Waals surface area (Å²) < 4.78 is 13.1. The molecule has 0 fully saturated rings.